The monoisotopic (exact) mass is 355 g/mol. The van der Waals surface area contributed by atoms with Crippen LogP contribution in [0.4, 0.5) is 11.4 Å². The Morgan fingerprint density at radius 1 is 0.800 bits per heavy atom. The van der Waals surface area contributed by atoms with Crippen LogP contribution in [-0.4, -0.2) is 40.9 Å². The predicted molar refractivity (Wildman–Crippen MR) is 100 cm³/mol. The SMILES string of the molecule is O=c1[nH]ncn1-c1ccc(N2CCN(c3ccc(Cl)cc3)CC2)cc1. The van der Waals surface area contributed by atoms with E-state index in [1.165, 1.54) is 16.6 Å². The maximum atomic E-state index is 11.6. The Kier molecular flexibility index (Phi) is 4.19. The number of halogens is 1. The van der Waals surface area contributed by atoms with Crippen LogP contribution in [0.25, 0.3) is 5.69 Å². The lowest BCUT2D eigenvalue weighted by Crippen LogP contribution is -2.46. The molecule has 1 saturated heterocycles. The Morgan fingerprint density at radius 2 is 1.28 bits per heavy atom. The number of nitrogens with one attached hydrogen (secondary N) is 1. The highest BCUT2D eigenvalue weighted by molar-refractivity contribution is 6.30. The Balaban J connectivity index is 1.43. The number of nitrogens with zero attached hydrogens (tertiary/aromatic N) is 4. The quantitative estimate of drug-likeness (QED) is 0.784. The fourth-order valence-corrected chi connectivity index (χ4v) is 3.26. The van der Waals surface area contributed by atoms with Crippen molar-refractivity contribution in [2.24, 2.45) is 0 Å². The molecular formula is C18H18ClN5O. The van der Waals surface area contributed by atoms with Crippen LogP contribution in [0.15, 0.2) is 59.7 Å². The number of aromatic nitrogens is 3. The van der Waals surface area contributed by atoms with Crippen LogP contribution in [0.1, 0.15) is 0 Å². The standard InChI is InChI=1S/C18H18ClN5O/c19-14-1-3-15(4-2-14)22-9-11-23(12-10-22)16-5-7-17(8-6-16)24-13-20-21-18(24)25/h1-8,13H,9-12H2,(H,21,25). The first kappa shape index (κ1) is 15.8. The van der Waals surface area contributed by atoms with E-state index in [0.717, 1.165) is 42.6 Å². The van der Waals surface area contributed by atoms with E-state index in [0.29, 0.717) is 0 Å². The van der Waals surface area contributed by atoms with Crippen molar-refractivity contribution in [3.05, 3.63) is 70.4 Å². The Labute approximate surface area is 150 Å². The largest absolute Gasteiger partial charge is 0.368 e. The van der Waals surface area contributed by atoms with Gasteiger partial charge < -0.3 is 9.80 Å². The Hall–Kier alpha value is -2.73. The summed E-state index contributed by atoms with van der Waals surface area (Å²) >= 11 is 5.96. The second kappa shape index (κ2) is 6.64. The number of aromatic amines is 1. The fraction of sp³-hybridized carbons (Fsp3) is 0.222. The predicted octanol–water partition coefficient (Wildman–Crippen LogP) is 2.54. The van der Waals surface area contributed by atoms with Crippen molar-refractivity contribution in [2.75, 3.05) is 36.0 Å². The minimum atomic E-state index is -0.232. The highest BCUT2D eigenvalue weighted by atomic mass is 35.5. The van der Waals surface area contributed by atoms with Gasteiger partial charge in [0.2, 0.25) is 0 Å². The van der Waals surface area contributed by atoms with Crippen LogP contribution in [0.3, 0.4) is 0 Å². The second-order valence-corrected chi connectivity index (χ2v) is 6.43. The molecule has 1 aliphatic heterocycles. The molecule has 1 aliphatic rings. The highest BCUT2D eigenvalue weighted by Gasteiger charge is 2.17. The minimum Gasteiger partial charge on any atom is -0.368 e. The normalized spacial score (nSPS) is 14.8. The number of H-pyrrole nitrogens is 1. The molecule has 0 amide bonds. The third-order valence-electron chi connectivity index (χ3n) is 4.52. The molecule has 128 valence electrons. The number of hydrogen-bond acceptors (Lipinski definition) is 4. The molecule has 1 N–H and O–H groups in total. The summed E-state index contributed by atoms with van der Waals surface area (Å²) in [6, 6.07) is 16.0. The average molecular weight is 356 g/mol. The molecule has 4 rings (SSSR count). The fourth-order valence-electron chi connectivity index (χ4n) is 3.13. The van der Waals surface area contributed by atoms with Gasteiger partial charge in [0.05, 0.1) is 5.69 Å². The second-order valence-electron chi connectivity index (χ2n) is 6.00. The van der Waals surface area contributed by atoms with Crippen molar-refractivity contribution in [1.82, 2.24) is 14.8 Å². The van der Waals surface area contributed by atoms with Crippen LogP contribution in [0, 0.1) is 0 Å². The molecule has 0 atom stereocenters. The lowest BCUT2D eigenvalue weighted by atomic mass is 10.2. The highest BCUT2D eigenvalue weighted by Crippen LogP contribution is 2.22. The van der Waals surface area contributed by atoms with E-state index in [2.05, 4.69) is 32.1 Å². The summed E-state index contributed by atoms with van der Waals surface area (Å²) in [5.74, 6) is 0. The van der Waals surface area contributed by atoms with Gasteiger partial charge in [0.15, 0.2) is 0 Å². The van der Waals surface area contributed by atoms with E-state index in [4.69, 9.17) is 11.6 Å². The summed E-state index contributed by atoms with van der Waals surface area (Å²) in [6.07, 6.45) is 1.49. The zero-order valence-electron chi connectivity index (χ0n) is 13.6. The molecule has 7 heteroatoms. The van der Waals surface area contributed by atoms with Crippen molar-refractivity contribution < 1.29 is 0 Å². The molecule has 1 aromatic heterocycles. The molecule has 0 unspecified atom stereocenters. The van der Waals surface area contributed by atoms with Crippen LogP contribution in [-0.2, 0) is 0 Å². The number of piperazine rings is 1. The summed E-state index contributed by atoms with van der Waals surface area (Å²) in [6.45, 7) is 3.83. The van der Waals surface area contributed by atoms with Gasteiger partial charge in [-0.25, -0.2) is 14.5 Å². The molecule has 6 nitrogen and oxygen atoms in total. The van der Waals surface area contributed by atoms with Crippen LogP contribution in [0.5, 0.6) is 0 Å². The molecule has 3 aromatic rings. The molecule has 2 aromatic carbocycles. The first-order valence-electron chi connectivity index (χ1n) is 8.19. The van der Waals surface area contributed by atoms with E-state index in [-0.39, 0.29) is 5.69 Å². The maximum Gasteiger partial charge on any atom is 0.347 e. The smallest absolute Gasteiger partial charge is 0.347 e. The number of benzene rings is 2. The van der Waals surface area contributed by atoms with Gasteiger partial charge in [0.1, 0.15) is 6.33 Å². The molecule has 0 radical (unpaired) electrons. The van der Waals surface area contributed by atoms with Gasteiger partial charge in [-0.15, -0.1) is 0 Å². The molecular weight excluding hydrogens is 338 g/mol. The van der Waals surface area contributed by atoms with Gasteiger partial charge >= 0.3 is 5.69 Å². The molecule has 0 saturated carbocycles. The van der Waals surface area contributed by atoms with Crippen molar-refractivity contribution in [3.8, 4) is 5.69 Å². The van der Waals surface area contributed by atoms with E-state index < -0.39 is 0 Å². The molecule has 2 heterocycles. The van der Waals surface area contributed by atoms with E-state index in [1.54, 1.807) is 0 Å². The molecule has 0 bridgehead atoms. The lowest BCUT2D eigenvalue weighted by Gasteiger charge is -2.37. The van der Waals surface area contributed by atoms with Crippen LogP contribution < -0.4 is 15.5 Å². The van der Waals surface area contributed by atoms with Gasteiger partial charge in [-0.2, -0.15) is 5.10 Å². The van der Waals surface area contributed by atoms with Crippen LogP contribution in [0.2, 0.25) is 5.02 Å². The number of anilines is 2. The molecule has 0 aliphatic carbocycles. The average Bonchev–Trinajstić information content (AvgIpc) is 3.09. The zero-order valence-corrected chi connectivity index (χ0v) is 14.4. The molecule has 1 fully saturated rings. The summed E-state index contributed by atoms with van der Waals surface area (Å²) in [5, 5.41) is 6.92. The third kappa shape index (κ3) is 3.25. The van der Waals surface area contributed by atoms with Gasteiger partial charge in [-0.3, -0.25) is 0 Å². The van der Waals surface area contributed by atoms with Gasteiger partial charge in [-0.1, -0.05) is 11.6 Å². The number of hydrogen-bond donors (Lipinski definition) is 1. The van der Waals surface area contributed by atoms with Gasteiger partial charge in [0, 0.05) is 42.6 Å². The first-order chi connectivity index (χ1) is 12.2. The van der Waals surface area contributed by atoms with E-state index in [9.17, 15) is 4.79 Å². The van der Waals surface area contributed by atoms with Gasteiger partial charge in [-0.05, 0) is 48.5 Å². The van der Waals surface area contributed by atoms with Crippen molar-refractivity contribution in [3.63, 3.8) is 0 Å². The summed E-state index contributed by atoms with van der Waals surface area (Å²) in [4.78, 5) is 16.3. The third-order valence-corrected chi connectivity index (χ3v) is 4.77. The zero-order chi connectivity index (χ0) is 17.2. The summed E-state index contributed by atoms with van der Waals surface area (Å²) in [7, 11) is 0. The number of rotatable bonds is 3. The summed E-state index contributed by atoms with van der Waals surface area (Å²) < 4.78 is 1.49. The topological polar surface area (TPSA) is 57.2 Å². The summed E-state index contributed by atoms with van der Waals surface area (Å²) in [5.41, 5.74) is 2.95. The molecule has 0 spiro atoms. The molecule has 25 heavy (non-hydrogen) atoms. The minimum absolute atomic E-state index is 0.232. The van der Waals surface area contributed by atoms with E-state index in [1.807, 2.05) is 36.4 Å². The van der Waals surface area contributed by atoms with Crippen molar-refractivity contribution in [1.29, 1.82) is 0 Å². The maximum absolute atomic E-state index is 11.6. The van der Waals surface area contributed by atoms with Crippen molar-refractivity contribution >= 4 is 23.0 Å². The lowest BCUT2D eigenvalue weighted by molar-refractivity contribution is 0.653. The Morgan fingerprint density at radius 3 is 1.76 bits per heavy atom. The van der Waals surface area contributed by atoms with Gasteiger partial charge in [0.25, 0.3) is 0 Å². The van der Waals surface area contributed by atoms with Crippen molar-refractivity contribution in [2.45, 2.75) is 0 Å². The van der Waals surface area contributed by atoms with Crippen LogP contribution >= 0.6 is 11.6 Å². The first-order valence-corrected chi connectivity index (χ1v) is 8.56. The van der Waals surface area contributed by atoms with E-state index >= 15 is 0 Å². The Bertz CT molecular complexity index is 892.